The summed E-state index contributed by atoms with van der Waals surface area (Å²) in [7, 11) is 0. The van der Waals surface area contributed by atoms with Crippen LogP contribution in [0.1, 0.15) is 5.56 Å². The van der Waals surface area contributed by atoms with Crippen LogP contribution in [0.5, 0.6) is 5.75 Å². The SMILES string of the molecule is Cc1ccc(NC(=O)Nc2ccccc2)cc1NC(=O)Oc1ccccc1. The normalized spacial score (nSPS) is 9.96. The number of carbonyl (C=O) groups excluding carboxylic acids is 2. The molecule has 0 atom stereocenters. The maximum absolute atomic E-state index is 12.1. The molecule has 0 saturated carbocycles. The molecule has 3 rings (SSSR count). The molecule has 0 fully saturated rings. The van der Waals surface area contributed by atoms with Crippen LogP contribution < -0.4 is 20.7 Å². The van der Waals surface area contributed by atoms with E-state index >= 15 is 0 Å². The van der Waals surface area contributed by atoms with Gasteiger partial charge in [0, 0.05) is 17.1 Å². The summed E-state index contributed by atoms with van der Waals surface area (Å²) in [4.78, 5) is 24.2. The fourth-order valence-electron chi connectivity index (χ4n) is 2.38. The summed E-state index contributed by atoms with van der Waals surface area (Å²) < 4.78 is 5.22. The Hall–Kier alpha value is -3.80. The molecule has 3 N–H and O–H groups in total. The minimum atomic E-state index is -0.602. The van der Waals surface area contributed by atoms with Gasteiger partial charge in [-0.2, -0.15) is 0 Å². The molecule has 3 amide bonds. The Morgan fingerprint density at radius 3 is 2.07 bits per heavy atom. The Morgan fingerprint density at radius 2 is 1.37 bits per heavy atom. The van der Waals surface area contributed by atoms with E-state index in [0.717, 1.165) is 5.56 Å². The van der Waals surface area contributed by atoms with Crippen LogP contribution in [-0.2, 0) is 0 Å². The number of hydrogen-bond acceptors (Lipinski definition) is 3. The summed E-state index contributed by atoms with van der Waals surface area (Å²) in [5.41, 5.74) is 2.62. The minimum Gasteiger partial charge on any atom is -0.410 e. The second-order valence-electron chi connectivity index (χ2n) is 5.80. The second kappa shape index (κ2) is 8.53. The Balaban J connectivity index is 1.63. The van der Waals surface area contributed by atoms with Gasteiger partial charge in [-0.15, -0.1) is 0 Å². The van der Waals surface area contributed by atoms with Crippen molar-refractivity contribution in [3.8, 4) is 5.75 Å². The van der Waals surface area contributed by atoms with E-state index in [4.69, 9.17) is 4.74 Å². The molecule has 0 bridgehead atoms. The van der Waals surface area contributed by atoms with Gasteiger partial charge in [-0.05, 0) is 48.9 Å². The highest BCUT2D eigenvalue weighted by Gasteiger charge is 2.09. The lowest BCUT2D eigenvalue weighted by Crippen LogP contribution is -2.20. The van der Waals surface area contributed by atoms with Gasteiger partial charge in [0.1, 0.15) is 5.75 Å². The molecular formula is C21H19N3O3. The fourth-order valence-corrected chi connectivity index (χ4v) is 2.38. The van der Waals surface area contributed by atoms with Gasteiger partial charge in [0.05, 0.1) is 0 Å². The number of urea groups is 1. The van der Waals surface area contributed by atoms with Crippen molar-refractivity contribution in [3.63, 3.8) is 0 Å². The van der Waals surface area contributed by atoms with Gasteiger partial charge >= 0.3 is 12.1 Å². The van der Waals surface area contributed by atoms with Gasteiger partial charge in [0.25, 0.3) is 0 Å². The first kappa shape index (κ1) is 18.0. The summed E-state index contributed by atoms with van der Waals surface area (Å²) in [6.07, 6.45) is -0.602. The first-order valence-corrected chi connectivity index (χ1v) is 8.38. The van der Waals surface area contributed by atoms with Crippen LogP contribution >= 0.6 is 0 Å². The third-order valence-corrected chi connectivity index (χ3v) is 3.72. The van der Waals surface area contributed by atoms with Crippen molar-refractivity contribution < 1.29 is 14.3 Å². The number of nitrogens with one attached hydrogen (secondary N) is 3. The van der Waals surface area contributed by atoms with Crippen LogP contribution in [0.2, 0.25) is 0 Å². The maximum atomic E-state index is 12.1. The molecule has 6 heteroatoms. The molecule has 6 nitrogen and oxygen atoms in total. The van der Waals surface area contributed by atoms with E-state index in [1.807, 2.05) is 31.2 Å². The van der Waals surface area contributed by atoms with E-state index in [2.05, 4.69) is 16.0 Å². The number of ether oxygens (including phenoxy) is 1. The molecule has 3 aromatic rings. The van der Waals surface area contributed by atoms with Gasteiger partial charge in [0.15, 0.2) is 0 Å². The Kier molecular flexibility index (Phi) is 5.69. The van der Waals surface area contributed by atoms with E-state index in [-0.39, 0.29) is 6.03 Å². The quantitative estimate of drug-likeness (QED) is 0.594. The molecule has 136 valence electrons. The summed E-state index contributed by atoms with van der Waals surface area (Å²) in [5, 5.41) is 8.16. The molecule has 0 aliphatic rings. The van der Waals surface area contributed by atoms with Crippen LogP contribution in [0.3, 0.4) is 0 Å². The number of rotatable bonds is 4. The molecule has 0 heterocycles. The number of aryl methyl sites for hydroxylation is 1. The second-order valence-corrected chi connectivity index (χ2v) is 5.80. The number of para-hydroxylation sites is 2. The Bertz CT molecular complexity index is 928. The maximum Gasteiger partial charge on any atom is 0.417 e. The lowest BCUT2D eigenvalue weighted by atomic mass is 10.2. The molecule has 0 aliphatic heterocycles. The molecule has 0 unspecified atom stereocenters. The zero-order chi connectivity index (χ0) is 19.1. The zero-order valence-electron chi connectivity index (χ0n) is 14.7. The molecule has 27 heavy (non-hydrogen) atoms. The van der Waals surface area contributed by atoms with Crippen LogP contribution in [-0.4, -0.2) is 12.1 Å². The number of anilines is 3. The standard InChI is InChI=1S/C21H19N3O3/c1-15-12-13-17(23-20(25)22-16-8-4-2-5-9-16)14-19(15)24-21(26)27-18-10-6-3-7-11-18/h2-14H,1H3,(H,24,26)(H2,22,23,25). The van der Waals surface area contributed by atoms with E-state index in [0.29, 0.717) is 22.8 Å². The lowest BCUT2D eigenvalue weighted by Gasteiger charge is -2.12. The number of amides is 3. The first-order chi connectivity index (χ1) is 13.1. The summed E-state index contributed by atoms with van der Waals surface area (Å²) in [6, 6.07) is 22.8. The highest BCUT2D eigenvalue weighted by atomic mass is 16.6. The topological polar surface area (TPSA) is 79.5 Å². The van der Waals surface area contributed by atoms with E-state index in [9.17, 15) is 9.59 Å². The van der Waals surface area contributed by atoms with Crippen LogP contribution in [0.25, 0.3) is 0 Å². The summed E-state index contributed by atoms with van der Waals surface area (Å²) in [5.74, 6) is 0.448. The van der Waals surface area contributed by atoms with Crippen molar-refractivity contribution >= 4 is 29.2 Å². The molecule has 0 aliphatic carbocycles. The third-order valence-electron chi connectivity index (χ3n) is 3.72. The van der Waals surface area contributed by atoms with Gasteiger partial charge in [-0.1, -0.05) is 42.5 Å². The van der Waals surface area contributed by atoms with Crippen molar-refractivity contribution in [2.75, 3.05) is 16.0 Å². The van der Waals surface area contributed by atoms with Crippen molar-refractivity contribution in [2.24, 2.45) is 0 Å². The average Bonchev–Trinajstić information content (AvgIpc) is 2.66. The van der Waals surface area contributed by atoms with Crippen molar-refractivity contribution in [3.05, 3.63) is 84.4 Å². The molecule has 0 saturated heterocycles. The average molecular weight is 361 g/mol. The first-order valence-electron chi connectivity index (χ1n) is 8.38. The minimum absolute atomic E-state index is 0.372. The van der Waals surface area contributed by atoms with Gasteiger partial charge < -0.3 is 15.4 Å². The molecule has 0 radical (unpaired) electrons. The van der Waals surface area contributed by atoms with E-state index < -0.39 is 6.09 Å². The highest BCUT2D eigenvalue weighted by Crippen LogP contribution is 2.21. The predicted octanol–water partition coefficient (Wildman–Crippen LogP) is 5.25. The summed E-state index contributed by atoms with van der Waals surface area (Å²) in [6.45, 7) is 1.85. The molecular weight excluding hydrogens is 342 g/mol. The van der Waals surface area contributed by atoms with E-state index in [1.165, 1.54) is 0 Å². The Labute approximate surface area is 157 Å². The van der Waals surface area contributed by atoms with Crippen molar-refractivity contribution in [2.45, 2.75) is 6.92 Å². The van der Waals surface area contributed by atoms with Crippen LogP contribution in [0.15, 0.2) is 78.9 Å². The van der Waals surface area contributed by atoms with Crippen LogP contribution in [0.4, 0.5) is 26.7 Å². The molecule has 0 aromatic heterocycles. The third kappa shape index (κ3) is 5.34. The smallest absolute Gasteiger partial charge is 0.410 e. The van der Waals surface area contributed by atoms with Gasteiger partial charge in [-0.25, -0.2) is 9.59 Å². The summed E-state index contributed by atoms with van der Waals surface area (Å²) >= 11 is 0. The van der Waals surface area contributed by atoms with Gasteiger partial charge in [0.2, 0.25) is 0 Å². The number of carbonyl (C=O) groups is 2. The Morgan fingerprint density at radius 1 is 0.741 bits per heavy atom. The fraction of sp³-hybridized carbons (Fsp3) is 0.0476. The number of benzene rings is 3. The number of hydrogen-bond donors (Lipinski definition) is 3. The predicted molar refractivity (Wildman–Crippen MR) is 106 cm³/mol. The lowest BCUT2D eigenvalue weighted by molar-refractivity contribution is 0.215. The molecule has 0 spiro atoms. The zero-order valence-corrected chi connectivity index (χ0v) is 14.7. The van der Waals surface area contributed by atoms with Crippen LogP contribution in [0, 0.1) is 6.92 Å². The van der Waals surface area contributed by atoms with Gasteiger partial charge in [-0.3, -0.25) is 5.32 Å². The largest absolute Gasteiger partial charge is 0.417 e. The molecule has 3 aromatic carbocycles. The highest BCUT2D eigenvalue weighted by molar-refractivity contribution is 6.00. The van der Waals surface area contributed by atoms with E-state index in [1.54, 1.807) is 54.6 Å². The van der Waals surface area contributed by atoms with Crippen molar-refractivity contribution in [1.29, 1.82) is 0 Å². The van der Waals surface area contributed by atoms with Crippen molar-refractivity contribution in [1.82, 2.24) is 0 Å². The monoisotopic (exact) mass is 361 g/mol.